The third-order valence-electron chi connectivity index (χ3n) is 3.96. The Kier molecular flexibility index (Phi) is 4.20. The predicted molar refractivity (Wildman–Crippen MR) is 98.2 cm³/mol. The normalized spacial score (nSPS) is 11.6. The molecule has 130 valence electrons. The zero-order chi connectivity index (χ0) is 18.2. The van der Waals surface area contributed by atoms with Crippen LogP contribution in [0.4, 0.5) is 5.69 Å². The van der Waals surface area contributed by atoms with Gasteiger partial charge in [0.05, 0.1) is 12.8 Å². The summed E-state index contributed by atoms with van der Waals surface area (Å²) in [5.41, 5.74) is 3.60. The maximum absolute atomic E-state index is 12.2. The number of nitrogens with one attached hydrogen (secondary N) is 1. The van der Waals surface area contributed by atoms with Crippen LogP contribution in [0, 0.1) is 12.3 Å². The van der Waals surface area contributed by atoms with Crippen LogP contribution in [0.5, 0.6) is 5.75 Å². The summed E-state index contributed by atoms with van der Waals surface area (Å²) in [5.74, 6) is 0.751. The molecule has 1 amide bonds. The van der Waals surface area contributed by atoms with Crippen LogP contribution in [0.1, 0.15) is 26.3 Å². The van der Waals surface area contributed by atoms with Gasteiger partial charge in [0, 0.05) is 11.1 Å². The minimum atomic E-state index is -0.456. The minimum Gasteiger partial charge on any atom is -0.497 e. The molecular weight excluding hydrogens is 316 g/mol. The van der Waals surface area contributed by atoms with E-state index in [1.165, 1.54) is 0 Å². The first-order valence-electron chi connectivity index (χ1n) is 8.11. The van der Waals surface area contributed by atoms with Gasteiger partial charge in [0.1, 0.15) is 16.8 Å². The van der Waals surface area contributed by atoms with Crippen LogP contribution in [0.15, 0.2) is 36.4 Å². The Morgan fingerprint density at radius 1 is 1.08 bits per heavy atom. The van der Waals surface area contributed by atoms with E-state index in [0.29, 0.717) is 0 Å². The largest absolute Gasteiger partial charge is 0.497 e. The van der Waals surface area contributed by atoms with Gasteiger partial charge in [0.2, 0.25) is 5.91 Å². The van der Waals surface area contributed by atoms with Crippen LogP contribution in [-0.4, -0.2) is 28.0 Å². The van der Waals surface area contributed by atoms with Crippen molar-refractivity contribution in [3.63, 3.8) is 0 Å². The van der Waals surface area contributed by atoms with Gasteiger partial charge >= 0.3 is 0 Å². The van der Waals surface area contributed by atoms with Crippen molar-refractivity contribution in [2.24, 2.45) is 5.41 Å². The van der Waals surface area contributed by atoms with E-state index in [1.54, 1.807) is 11.9 Å². The van der Waals surface area contributed by atoms with Crippen LogP contribution >= 0.6 is 0 Å². The van der Waals surface area contributed by atoms with Crippen LogP contribution < -0.4 is 10.1 Å². The number of methoxy groups -OCH3 is 1. The number of fused-ring (bicyclic) bond motifs is 1. The van der Waals surface area contributed by atoms with Crippen molar-refractivity contribution in [2.45, 2.75) is 27.7 Å². The fourth-order valence-corrected chi connectivity index (χ4v) is 2.34. The number of hydrogen-bond acceptors (Lipinski definition) is 4. The number of aryl methyl sites for hydroxylation is 1. The minimum absolute atomic E-state index is 0.0301. The van der Waals surface area contributed by atoms with E-state index in [0.717, 1.165) is 33.7 Å². The molecule has 0 fully saturated rings. The van der Waals surface area contributed by atoms with Gasteiger partial charge in [0.25, 0.3) is 0 Å². The number of carbonyl (C=O) groups excluding carboxylic acids is 1. The van der Waals surface area contributed by atoms with Gasteiger partial charge in [-0.1, -0.05) is 20.8 Å². The molecule has 0 spiro atoms. The number of anilines is 1. The molecule has 0 atom stereocenters. The lowest BCUT2D eigenvalue weighted by molar-refractivity contribution is -0.123. The molecule has 6 nitrogen and oxygen atoms in total. The van der Waals surface area contributed by atoms with Crippen molar-refractivity contribution in [2.75, 3.05) is 12.4 Å². The van der Waals surface area contributed by atoms with Gasteiger partial charge in [-0.2, -0.15) is 4.80 Å². The number of amides is 1. The van der Waals surface area contributed by atoms with Gasteiger partial charge < -0.3 is 10.1 Å². The maximum Gasteiger partial charge on any atom is 0.229 e. The van der Waals surface area contributed by atoms with E-state index < -0.39 is 5.41 Å². The Morgan fingerprint density at radius 2 is 1.68 bits per heavy atom. The Balaban J connectivity index is 1.96. The third-order valence-corrected chi connectivity index (χ3v) is 3.96. The lowest BCUT2D eigenvalue weighted by Gasteiger charge is -2.18. The number of rotatable bonds is 3. The molecule has 0 aliphatic heterocycles. The summed E-state index contributed by atoms with van der Waals surface area (Å²) >= 11 is 0. The smallest absolute Gasteiger partial charge is 0.229 e. The van der Waals surface area contributed by atoms with Crippen LogP contribution in [-0.2, 0) is 4.79 Å². The van der Waals surface area contributed by atoms with Gasteiger partial charge in [-0.15, -0.1) is 10.2 Å². The second-order valence-corrected chi connectivity index (χ2v) is 7.05. The molecule has 1 heterocycles. The summed E-state index contributed by atoms with van der Waals surface area (Å²) in [6, 6.07) is 11.3. The highest BCUT2D eigenvalue weighted by molar-refractivity contribution is 5.97. The Bertz CT molecular complexity index is 921. The maximum atomic E-state index is 12.2. The van der Waals surface area contributed by atoms with Crippen molar-refractivity contribution in [1.82, 2.24) is 15.0 Å². The van der Waals surface area contributed by atoms with Crippen LogP contribution in [0.2, 0.25) is 0 Å². The fraction of sp³-hybridized carbons (Fsp3) is 0.316. The molecule has 0 aliphatic rings. The summed E-state index contributed by atoms with van der Waals surface area (Å²) in [4.78, 5) is 13.8. The first kappa shape index (κ1) is 17.0. The van der Waals surface area contributed by atoms with E-state index in [9.17, 15) is 4.79 Å². The molecule has 3 aromatic rings. The topological polar surface area (TPSA) is 69.0 Å². The van der Waals surface area contributed by atoms with E-state index >= 15 is 0 Å². The summed E-state index contributed by atoms with van der Waals surface area (Å²) in [6.07, 6.45) is 0. The number of benzene rings is 2. The van der Waals surface area contributed by atoms with Gasteiger partial charge in [0.15, 0.2) is 0 Å². The van der Waals surface area contributed by atoms with Gasteiger partial charge in [-0.05, 0) is 48.9 Å². The van der Waals surface area contributed by atoms with E-state index in [4.69, 9.17) is 4.74 Å². The summed E-state index contributed by atoms with van der Waals surface area (Å²) in [7, 11) is 1.63. The van der Waals surface area contributed by atoms with E-state index in [-0.39, 0.29) is 5.91 Å². The van der Waals surface area contributed by atoms with E-state index in [1.807, 2.05) is 64.1 Å². The van der Waals surface area contributed by atoms with Crippen molar-refractivity contribution in [3.8, 4) is 11.4 Å². The number of carbonyl (C=O) groups is 1. The van der Waals surface area contributed by atoms with Crippen molar-refractivity contribution in [1.29, 1.82) is 0 Å². The highest BCUT2D eigenvalue weighted by Gasteiger charge is 2.22. The fourth-order valence-electron chi connectivity index (χ4n) is 2.34. The molecule has 0 saturated heterocycles. The molecule has 0 bridgehead atoms. The van der Waals surface area contributed by atoms with Crippen molar-refractivity contribution < 1.29 is 9.53 Å². The lowest BCUT2D eigenvalue weighted by Crippen LogP contribution is -2.27. The lowest BCUT2D eigenvalue weighted by atomic mass is 9.95. The molecule has 25 heavy (non-hydrogen) atoms. The third kappa shape index (κ3) is 3.47. The van der Waals surface area contributed by atoms with Crippen LogP contribution in [0.25, 0.3) is 16.7 Å². The Hall–Kier alpha value is -2.89. The summed E-state index contributed by atoms with van der Waals surface area (Å²) in [6.45, 7) is 7.60. The monoisotopic (exact) mass is 338 g/mol. The predicted octanol–water partition coefficient (Wildman–Crippen LogP) is 3.72. The number of aromatic nitrogens is 3. The molecule has 3 rings (SSSR count). The molecule has 1 N–H and O–H groups in total. The average Bonchev–Trinajstić information content (AvgIpc) is 2.97. The number of ether oxygens (including phenoxy) is 1. The van der Waals surface area contributed by atoms with Gasteiger partial charge in [-0.3, -0.25) is 4.79 Å². The number of hydrogen-bond donors (Lipinski definition) is 1. The molecular formula is C19H22N4O2. The molecule has 0 unspecified atom stereocenters. The molecule has 1 aromatic heterocycles. The van der Waals surface area contributed by atoms with Crippen LogP contribution in [0.3, 0.4) is 0 Å². The summed E-state index contributed by atoms with van der Waals surface area (Å²) < 4.78 is 5.17. The molecule has 0 aliphatic carbocycles. The number of nitrogens with zero attached hydrogens (tertiary/aromatic N) is 3. The quantitative estimate of drug-likeness (QED) is 0.790. The van der Waals surface area contributed by atoms with Gasteiger partial charge in [-0.25, -0.2) is 0 Å². The molecule has 0 saturated carbocycles. The van der Waals surface area contributed by atoms with Crippen molar-refractivity contribution in [3.05, 3.63) is 42.0 Å². The van der Waals surface area contributed by atoms with E-state index in [2.05, 4.69) is 15.5 Å². The second kappa shape index (κ2) is 6.20. The second-order valence-electron chi connectivity index (χ2n) is 7.05. The Morgan fingerprint density at radius 3 is 2.24 bits per heavy atom. The first-order chi connectivity index (χ1) is 11.8. The SMILES string of the molecule is COc1ccc(-n2nc3cc(C)c(NC(=O)C(C)(C)C)cc3n2)cc1. The standard InChI is InChI=1S/C19H22N4O2/c1-12-10-16-17(11-15(12)20-18(24)19(2,3)4)22-23(21-16)13-6-8-14(25-5)9-7-13/h6-11H,1-5H3,(H,20,24). The zero-order valence-electron chi connectivity index (χ0n) is 15.1. The average molecular weight is 338 g/mol. The highest BCUT2D eigenvalue weighted by Crippen LogP contribution is 2.25. The molecule has 2 aromatic carbocycles. The summed E-state index contributed by atoms with van der Waals surface area (Å²) in [5, 5.41) is 12.0. The highest BCUT2D eigenvalue weighted by atomic mass is 16.5. The Labute approximate surface area is 146 Å². The first-order valence-corrected chi connectivity index (χ1v) is 8.11. The molecule has 6 heteroatoms. The zero-order valence-corrected chi connectivity index (χ0v) is 15.1. The molecule has 0 radical (unpaired) electrons. The van der Waals surface area contributed by atoms with Crippen molar-refractivity contribution >= 4 is 22.6 Å².